The summed E-state index contributed by atoms with van der Waals surface area (Å²) in [6.07, 6.45) is 3.60. The molecule has 0 saturated carbocycles. The van der Waals surface area contributed by atoms with E-state index in [1.807, 2.05) is 0 Å². The van der Waals surface area contributed by atoms with Crippen molar-refractivity contribution >= 4 is 17.5 Å². The summed E-state index contributed by atoms with van der Waals surface area (Å²) < 4.78 is 5.73. The van der Waals surface area contributed by atoms with E-state index in [0.717, 1.165) is 25.9 Å². The van der Waals surface area contributed by atoms with Crippen LogP contribution in [-0.4, -0.2) is 41.1 Å². The van der Waals surface area contributed by atoms with Crippen molar-refractivity contribution in [3.05, 3.63) is 11.2 Å². The molecule has 2 rings (SSSR count). The highest BCUT2D eigenvalue weighted by molar-refractivity contribution is 6.31. The lowest BCUT2D eigenvalue weighted by atomic mass is 10.1. The third-order valence-electron chi connectivity index (χ3n) is 2.67. The van der Waals surface area contributed by atoms with Gasteiger partial charge in [0.25, 0.3) is 0 Å². The molecule has 2 N–H and O–H groups in total. The van der Waals surface area contributed by atoms with Crippen LogP contribution in [0.4, 0.5) is 5.95 Å². The van der Waals surface area contributed by atoms with Crippen LogP contribution < -0.4 is 10.5 Å². The van der Waals surface area contributed by atoms with E-state index in [9.17, 15) is 0 Å². The van der Waals surface area contributed by atoms with Crippen LogP contribution in [0, 0.1) is 0 Å². The van der Waals surface area contributed by atoms with Crippen LogP contribution in [0.3, 0.4) is 0 Å². The Morgan fingerprint density at radius 1 is 1.50 bits per heavy atom. The average molecular weight is 243 g/mol. The Morgan fingerprint density at radius 3 is 2.88 bits per heavy atom. The lowest BCUT2D eigenvalue weighted by Crippen LogP contribution is -2.35. The second-order valence-corrected chi connectivity index (χ2v) is 4.41. The van der Waals surface area contributed by atoms with Crippen molar-refractivity contribution in [2.45, 2.75) is 18.9 Å². The van der Waals surface area contributed by atoms with Gasteiger partial charge in [-0.1, -0.05) is 11.6 Å². The Morgan fingerprint density at radius 2 is 2.19 bits per heavy atom. The van der Waals surface area contributed by atoms with Gasteiger partial charge in [0.1, 0.15) is 11.1 Å². The minimum absolute atomic E-state index is 0.169. The number of anilines is 1. The highest BCUT2D eigenvalue weighted by Gasteiger charge is 2.19. The van der Waals surface area contributed by atoms with E-state index in [1.165, 1.54) is 6.20 Å². The molecule has 1 aliphatic heterocycles. The molecule has 1 aliphatic rings. The highest BCUT2D eigenvalue weighted by Crippen LogP contribution is 2.24. The van der Waals surface area contributed by atoms with Crippen LogP contribution in [0.15, 0.2) is 6.20 Å². The maximum atomic E-state index is 5.93. The van der Waals surface area contributed by atoms with Crippen LogP contribution in [0.2, 0.25) is 5.02 Å². The normalized spacial score (nSPS) is 18.6. The molecule has 0 aromatic carbocycles. The van der Waals surface area contributed by atoms with Gasteiger partial charge in [-0.15, -0.1) is 0 Å². The largest absolute Gasteiger partial charge is 0.473 e. The second kappa shape index (κ2) is 4.84. The molecule has 0 atom stereocenters. The molecule has 1 aromatic heterocycles. The smallest absolute Gasteiger partial charge is 0.237 e. The van der Waals surface area contributed by atoms with Gasteiger partial charge in [0, 0.05) is 13.1 Å². The fourth-order valence-electron chi connectivity index (χ4n) is 1.71. The maximum Gasteiger partial charge on any atom is 0.237 e. The molecule has 0 bridgehead atoms. The Balaban J connectivity index is 2.00. The number of likely N-dealkylation sites (tertiary alicyclic amines) is 1. The summed E-state index contributed by atoms with van der Waals surface area (Å²) in [7, 11) is 2.10. The zero-order valence-corrected chi connectivity index (χ0v) is 9.94. The number of halogens is 1. The average Bonchev–Trinajstić information content (AvgIpc) is 2.27. The molecule has 1 fully saturated rings. The summed E-state index contributed by atoms with van der Waals surface area (Å²) in [4.78, 5) is 10.0. The van der Waals surface area contributed by atoms with E-state index in [0.29, 0.717) is 10.9 Å². The number of nitrogen functional groups attached to an aromatic ring is 1. The lowest BCUT2D eigenvalue weighted by molar-refractivity contribution is 0.110. The van der Waals surface area contributed by atoms with Gasteiger partial charge >= 0.3 is 0 Å². The monoisotopic (exact) mass is 242 g/mol. The minimum atomic E-state index is 0.169. The van der Waals surface area contributed by atoms with E-state index in [4.69, 9.17) is 22.1 Å². The third kappa shape index (κ3) is 2.74. The van der Waals surface area contributed by atoms with Crippen molar-refractivity contribution in [1.29, 1.82) is 0 Å². The molecule has 0 amide bonds. The Bertz CT molecular complexity index is 366. The molecular formula is C10H15ClN4O. The maximum absolute atomic E-state index is 5.93. The van der Waals surface area contributed by atoms with Crippen molar-refractivity contribution in [1.82, 2.24) is 14.9 Å². The van der Waals surface area contributed by atoms with Gasteiger partial charge < -0.3 is 15.4 Å². The van der Waals surface area contributed by atoms with Crippen molar-refractivity contribution in [3.63, 3.8) is 0 Å². The number of aromatic nitrogens is 2. The van der Waals surface area contributed by atoms with Gasteiger partial charge in [-0.2, -0.15) is 4.98 Å². The Labute approximate surface area is 99.6 Å². The number of nitrogens with two attached hydrogens (primary N) is 1. The van der Waals surface area contributed by atoms with Gasteiger partial charge in [-0.3, -0.25) is 0 Å². The van der Waals surface area contributed by atoms with Crippen molar-refractivity contribution in [2.24, 2.45) is 0 Å². The molecular weight excluding hydrogens is 228 g/mol. The van der Waals surface area contributed by atoms with Crippen LogP contribution >= 0.6 is 11.6 Å². The van der Waals surface area contributed by atoms with Crippen LogP contribution in [0.1, 0.15) is 12.8 Å². The molecule has 5 nitrogen and oxygen atoms in total. The highest BCUT2D eigenvalue weighted by atomic mass is 35.5. The zero-order valence-electron chi connectivity index (χ0n) is 9.19. The molecule has 0 spiro atoms. The number of piperidine rings is 1. The van der Waals surface area contributed by atoms with Gasteiger partial charge in [-0.25, -0.2) is 4.98 Å². The van der Waals surface area contributed by atoms with Crippen molar-refractivity contribution in [3.8, 4) is 5.88 Å². The predicted octanol–water partition coefficient (Wildman–Crippen LogP) is 1.19. The molecule has 0 unspecified atom stereocenters. The van der Waals surface area contributed by atoms with Crippen LogP contribution in [0.5, 0.6) is 5.88 Å². The second-order valence-electron chi connectivity index (χ2n) is 4.00. The first-order chi connectivity index (χ1) is 7.65. The molecule has 16 heavy (non-hydrogen) atoms. The third-order valence-corrected chi connectivity index (χ3v) is 2.93. The summed E-state index contributed by atoms with van der Waals surface area (Å²) in [5.74, 6) is 0.580. The lowest BCUT2D eigenvalue weighted by Gasteiger charge is -2.29. The Hall–Kier alpha value is -1.07. The van der Waals surface area contributed by atoms with E-state index in [2.05, 4.69) is 21.9 Å². The molecule has 0 aliphatic carbocycles. The van der Waals surface area contributed by atoms with E-state index < -0.39 is 0 Å². The SMILES string of the molecule is CN1CCC(Oc2nc(N)ncc2Cl)CC1. The molecule has 88 valence electrons. The number of hydrogen-bond donors (Lipinski definition) is 1. The summed E-state index contributed by atoms with van der Waals surface area (Å²) in [5, 5.41) is 0.410. The number of ether oxygens (including phenoxy) is 1. The first-order valence-electron chi connectivity index (χ1n) is 5.28. The molecule has 0 radical (unpaired) electrons. The van der Waals surface area contributed by atoms with Crippen molar-refractivity contribution < 1.29 is 4.74 Å². The van der Waals surface area contributed by atoms with Crippen LogP contribution in [0.25, 0.3) is 0 Å². The van der Waals surface area contributed by atoms with Crippen LogP contribution in [-0.2, 0) is 0 Å². The van der Waals surface area contributed by atoms with E-state index in [1.54, 1.807) is 0 Å². The zero-order chi connectivity index (χ0) is 11.5. The van der Waals surface area contributed by atoms with E-state index in [-0.39, 0.29) is 12.1 Å². The van der Waals surface area contributed by atoms with Gasteiger partial charge in [0.15, 0.2) is 0 Å². The van der Waals surface area contributed by atoms with E-state index >= 15 is 0 Å². The molecule has 6 heteroatoms. The van der Waals surface area contributed by atoms with Crippen molar-refractivity contribution in [2.75, 3.05) is 25.9 Å². The number of nitrogens with zero attached hydrogens (tertiary/aromatic N) is 3. The number of hydrogen-bond acceptors (Lipinski definition) is 5. The predicted molar refractivity (Wildman–Crippen MR) is 62.6 cm³/mol. The minimum Gasteiger partial charge on any atom is -0.473 e. The molecule has 1 saturated heterocycles. The quantitative estimate of drug-likeness (QED) is 0.844. The van der Waals surface area contributed by atoms with Gasteiger partial charge in [0.05, 0.1) is 6.20 Å². The summed E-state index contributed by atoms with van der Waals surface area (Å²) in [6.45, 7) is 2.06. The molecule has 2 heterocycles. The number of rotatable bonds is 2. The summed E-state index contributed by atoms with van der Waals surface area (Å²) in [6, 6.07) is 0. The first kappa shape index (κ1) is 11.4. The first-order valence-corrected chi connectivity index (χ1v) is 5.66. The Kier molecular flexibility index (Phi) is 3.46. The fraction of sp³-hybridized carbons (Fsp3) is 0.600. The molecule has 1 aromatic rings. The standard InChI is InChI=1S/C10H15ClN4O/c1-15-4-2-7(3-5-15)16-9-8(11)6-13-10(12)14-9/h6-7H,2-5H2,1H3,(H2,12,13,14). The topological polar surface area (TPSA) is 64.3 Å². The van der Waals surface area contributed by atoms with Gasteiger partial charge in [0.2, 0.25) is 11.8 Å². The fourth-order valence-corrected chi connectivity index (χ4v) is 1.84. The summed E-state index contributed by atoms with van der Waals surface area (Å²) >= 11 is 5.93. The van der Waals surface area contributed by atoms with Gasteiger partial charge in [-0.05, 0) is 19.9 Å². The summed E-state index contributed by atoms with van der Waals surface area (Å²) in [5.41, 5.74) is 5.49.